The van der Waals surface area contributed by atoms with E-state index in [4.69, 9.17) is 32.9 Å². The predicted octanol–water partition coefficient (Wildman–Crippen LogP) is 2.39. The van der Waals surface area contributed by atoms with Crippen molar-refractivity contribution < 1.29 is 62.6 Å². The molecule has 3 N–H and O–H groups in total. The molecule has 272 valence electrons. The molecule has 1 aromatic heterocycles. The molecule has 0 aromatic carbocycles. The highest BCUT2D eigenvalue weighted by atomic mass is 16.9. The molecule has 4 aliphatic carbocycles. The van der Waals surface area contributed by atoms with Crippen molar-refractivity contribution in [1.82, 2.24) is 5.06 Å². The van der Waals surface area contributed by atoms with Crippen LogP contribution in [0.2, 0.25) is 0 Å². The molecule has 1 amide bonds. The number of furan rings is 1. The molecule has 13 unspecified atom stereocenters. The van der Waals surface area contributed by atoms with Crippen molar-refractivity contribution in [2.75, 3.05) is 21.3 Å². The van der Waals surface area contributed by atoms with E-state index in [1.165, 1.54) is 33.8 Å². The summed E-state index contributed by atoms with van der Waals surface area (Å²) in [6.45, 7) is 10.5. The fraction of sp³-hybridized carbons (Fsp3) is 0.800. The summed E-state index contributed by atoms with van der Waals surface area (Å²) in [7, 11) is 4.10. The molecule has 6 fully saturated rings. The van der Waals surface area contributed by atoms with Gasteiger partial charge in [-0.25, -0.2) is 5.06 Å². The number of carbonyl (C=O) groups is 3. The van der Waals surface area contributed by atoms with Crippen LogP contribution in [0.1, 0.15) is 85.3 Å². The third kappa shape index (κ3) is 3.64. The van der Waals surface area contributed by atoms with Crippen LogP contribution in [0, 0.1) is 34.0 Å². The minimum atomic E-state index is -2.31. The number of carbonyl (C=O) groups excluding carboxylic acids is 3. The number of aliphatic hydroxyl groups excluding tert-OH is 2. The van der Waals surface area contributed by atoms with Gasteiger partial charge < -0.3 is 43.4 Å². The van der Waals surface area contributed by atoms with E-state index in [0.29, 0.717) is 5.56 Å². The van der Waals surface area contributed by atoms with Gasteiger partial charge in [0.05, 0.1) is 38.8 Å². The fourth-order valence-corrected chi connectivity index (χ4v) is 12.1. The van der Waals surface area contributed by atoms with Gasteiger partial charge in [-0.05, 0) is 31.2 Å². The van der Waals surface area contributed by atoms with Crippen LogP contribution in [0.4, 0.5) is 0 Å². The molecule has 4 bridgehead atoms. The molecule has 4 saturated carbocycles. The first-order chi connectivity index (χ1) is 22.7. The summed E-state index contributed by atoms with van der Waals surface area (Å²) in [5.74, 6) is -5.79. The lowest BCUT2D eigenvalue weighted by Gasteiger charge is -2.76. The quantitative estimate of drug-likeness (QED) is 0.254. The molecule has 49 heavy (non-hydrogen) atoms. The average molecular weight is 692 g/mol. The molecule has 7 rings (SSSR count). The summed E-state index contributed by atoms with van der Waals surface area (Å²) in [5.41, 5.74) is -10.5. The van der Waals surface area contributed by atoms with Crippen molar-refractivity contribution in [3.05, 3.63) is 24.2 Å². The second-order valence-electron chi connectivity index (χ2n) is 16.3. The second-order valence-corrected chi connectivity index (χ2v) is 16.3. The number of rotatable bonds is 9. The number of hydroxylamine groups is 2. The maximum Gasteiger partial charge on any atom is 0.308 e. The summed E-state index contributed by atoms with van der Waals surface area (Å²) in [4.78, 5) is 45.9. The normalized spacial score (nSPS) is 49.2. The minimum absolute atomic E-state index is 0.104. The number of amides is 1. The lowest BCUT2D eigenvalue weighted by Crippen LogP contribution is -2.93. The standard InChI is InChI=1S/C35H49NO13/c1-18(2)25(40)46-27-29(4)17-33-30(5,20(29)15-23(38)43-8)32-12-11-28(3,24(39)19-10-13-45-16-19)21(14-22(37)36(7)44-9)35(32,26(41)34(27,33)42)49-31(6,47-32)48-33/h10,13,16,18,20-21,24,26-27,39,41-42H,11-12,14-15,17H2,1-9H3. The third-order valence-corrected chi connectivity index (χ3v) is 14.1. The highest BCUT2D eigenvalue weighted by Gasteiger charge is 3.03. The zero-order valence-electron chi connectivity index (χ0n) is 29.6. The number of ether oxygens (including phenoxy) is 5. The number of nitrogens with zero attached hydrogens (tertiary/aromatic N) is 1. The molecule has 14 heteroatoms. The SMILES string of the molecule is COC(=O)CC1C2(C)CC34OC5(C)OC6(C(CC(=O)N(C)OC)C(C)(C(O)c7ccoc7)CCC6(O5)C13C)C(O)C4(O)C2OC(=O)C(C)C. The van der Waals surface area contributed by atoms with E-state index in [0.717, 1.165) is 5.06 Å². The topological polar surface area (TPSA) is 184 Å². The van der Waals surface area contributed by atoms with Crippen molar-refractivity contribution in [1.29, 1.82) is 0 Å². The van der Waals surface area contributed by atoms with Crippen molar-refractivity contribution in [3.8, 4) is 0 Å². The van der Waals surface area contributed by atoms with Crippen LogP contribution in [0.15, 0.2) is 23.0 Å². The Morgan fingerprint density at radius 1 is 1.02 bits per heavy atom. The van der Waals surface area contributed by atoms with Crippen LogP contribution in [0.3, 0.4) is 0 Å². The molecular formula is C35H49NO13. The zero-order valence-corrected chi connectivity index (χ0v) is 29.6. The van der Waals surface area contributed by atoms with Crippen LogP contribution in [-0.2, 0) is 42.9 Å². The van der Waals surface area contributed by atoms with Crippen molar-refractivity contribution in [2.24, 2.45) is 34.0 Å². The Morgan fingerprint density at radius 2 is 1.69 bits per heavy atom. The Balaban J connectivity index is 1.53. The van der Waals surface area contributed by atoms with Crippen LogP contribution >= 0.6 is 0 Å². The summed E-state index contributed by atoms with van der Waals surface area (Å²) in [5, 5.41) is 39.8. The Morgan fingerprint density at radius 3 is 2.29 bits per heavy atom. The molecule has 6 aliphatic rings. The molecule has 1 aromatic rings. The number of esters is 2. The molecule has 14 nitrogen and oxygen atoms in total. The average Bonchev–Trinajstić information content (AvgIpc) is 3.75. The number of aliphatic hydroxyl groups is 3. The summed E-state index contributed by atoms with van der Waals surface area (Å²) >= 11 is 0. The Labute approximate surface area is 285 Å². The molecule has 3 heterocycles. The van der Waals surface area contributed by atoms with Gasteiger partial charge in [-0.3, -0.25) is 19.2 Å². The van der Waals surface area contributed by atoms with E-state index < -0.39 is 98.5 Å². The monoisotopic (exact) mass is 691 g/mol. The Bertz CT molecular complexity index is 1570. The van der Waals surface area contributed by atoms with Gasteiger partial charge in [-0.2, -0.15) is 0 Å². The maximum absolute atomic E-state index is 13.9. The lowest BCUT2D eigenvalue weighted by atomic mass is 9.33. The minimum Gasteiger partial charge on any atom is -0.472 e. The van der Waals surface area contributed by atoms with Crippen LogP contribution < -0.4 is 0 Å². The van der Waals surface area contributed by atoms with Crippen molar-refractivity contribution >= 4 is 17.8 Å². The van der Waals surface area contributed by atoms with Gasteiger partial charge in [0.1, 0.15) is 29.0 Å². The van der Waals surface area contributed by atoms with E-state index in [2.05, 4.69) is 0 Å². The third-order valence-electron chi connectivity index (χ3n) is 14.1. The largest absolute Gasteiger partial charge is 0.472 e. The molecule has 0 radical (unpaired) electrons. The molecular weight excluding hydrogens is 642 g/mol. The zero-order chi connectivity index (χ0) is 36.0. The van der Waals surface area contributed by atoms with E-state index >= 15 is 0 Å². The maximum atomic E-state index is 13.9. The number of fused-ring (bicyclic) bond motifs is 2. The van der Waals surface area contributed by atoms with E-state index in [1.54, 1.807) is 26.8 Å². The van der Waals surface area contributed by atoms with Gasteiger partial charge in [0.15, 0.2) is 5.60 Å². The highest BCUT2D eigenvalue weighted by Crippen LogP contribution is 2.89. The fourth-order valence-electron chi connectivity index (χ4n) is 12.1. The first-order valence-electron chi connectivity index (χ1n) is 17.0. The first-order valence-corrected chi connectivity index (χ1v) is 17.0. The van der Waals surface area contributed by atoms with E-state index in [-0.39, 0.29) is 32.1 Å². The van der Waals surface area contributed by atoms with E-state index in [1.807, 2.05) is 20.8 Å². The van der Waals surface area contributed by atoms with Gasteiger partial charge >= 0.3 is 11.9 Å². The molecule has 2 saturated heterocycles. The number of methoxy groups -OCH3 is 1. The second kappa shape index (κ2) is 10.3. The molecule has 2 spiro atoms. The Hall–Kier alpha value is -2.59. The van der Waals surface area contributed by atoms with Gasteiger partial charge in [0, 0.05) is 54.5 Å². The highest BCUT2D eigenvalue weighted by molar-refractivity contribution is 5.76. The number of hydrogen-bond acceptors (Lipinski definition) is 13. The summed E-state index contributed by atoms with van der Waals surface area (Å²) < 4.78 is 37.6. The predicted molar refractivity (Wildman–Crippen MR) is 165 cm³/mol. The van der Waals surface area contributed by atoms with Crippen molar-refractivity contribution in [3.63, 3.8) is 0 Å². The summed E-state index contributed by atoms with van der Waals surface area (Å²) in [6, 6.07) is 1.63. The van der Waals surface area contributed by atoms with Crippen LogP contribution in [0.5, 0.6) is 0 Å². The van der Waals surface area contributed by atoms with Crippen LogP contribution in [0.25, 0.3) is 0 Å². The van der Waals surface area contributed by atoms with Gasteiger partial charge in [-0.15, -0.1) is 0 Å². The molecule has 13 atom stereocenters. The first kappa shape index (κ1) is 34.8. The number of hydrogen-bond donors (Lipinski definition) is 3. The van der Waals surface area contributed by atoms with Gasteiger partial charge in [-0.1, -0.05) is 34.6 Å². The van der Waals surface area contributed by atoms with Gasteiger partial charge in [0.25, 0.3) is 5.97 Å². The smallest absolute Gasteiger partial charge is 0.308 e. The van der Waals surface area contributed by atoms with Crippen LogP contribution in [-0.4, -0.2) is 100 Å². The summed E-state index contributed by atoms with van der Waals surface area (Å²) in [6.07, 6.45) is -1.48. The van der Waals surface area contributed by atoms with E-state index in [9.17, 15) is 29.7 Å². The molecule has 2 aliphatic heterocycles. The Kier molecular flexibility index (Phi) is 7.30. The van der Waals surface area contributed by atoms with Crippen molar-refractivity contribution in [2.45, 2.75) is 120 Å². The lowest BCUT2D eigenvalue weighted by molar-refractivity contribution is -0.478. The van der Waals surface area contributed by atoms with Gasteiger partial charge in [0.2, 0.25) is 5.91 Å².